The molecule has 0 aromatic heterocycles. The van der Waals surface area contributed by atoms with Gasteiger partial charge in [0, 0.05) is 51.2 Å². The highest BCUT2D eigenvalue weighted by Crippen LogP contribution is 2.28. The lowest BCUT2D eigenvalue weighted by Crippen LogP contribution is -2.48. The van der Waals surface area contributed by atoms with Gasteiger partial charge in [-0.05, 0) is 57.8 Å². The van der Waals surface area contributed by atoms with Gasteiger partial charge in [-0.2, -0.15) is 0 Å². The van der Waals surface area contributed by atoms with Crippen LogP contribution in [0.3, 0.4) is 0 Å². The maximum atomic E-state index is 12.8. The summed E-state index contributed by atoms with van der Waals surface area (Å²) in [6, 6.07) is -2.57. The maximum Gasteiger partial charge on any atom is 0.326 e. The van der Waals surface area contributed by atoms with Crippen molar-refractivity contribution in [1.82, 2.24) is 26.6 Å². The Bertz CT molecular complexity index is 1110. The van der Waals surface area contributed by atoms with Crippen molar-refractivity contribution in [3.8, 4) is 0 Å². The van der Waals surface area contributed by atoms with E-state index >= 15 is 0 Å². The summed E-state index contributed by atoms with van der Waals surface area (Å²) in [5.41, 5.74) is 0. The van der Waals surface area contributed by atoms with Gasteiger partial charge in [0.05, 0.1) is 19.8 Å². The van der Waals surface area contributed by atoms with Crippen molar-refractivity contribution >= 4 is 47.4 Å². The van der Waals surface area contributed by atoms with Crippen LogP contribution >= 0.6 is 0 Å². The molecule has 18 nitrogen and oxygen atoms in total. The third-order valence-electron chi connectivity index (χ3n) is 7.70. The minimum Gasteiger partial charge on any atom is -0.481 e. The van der Waals surface area contributed by atoms with Crippen LogP contribution in [-0.2, 0) is 47.8 Å². The summed E-state index contributed by atoms with van der Waals surface area (Å²) < 4.78 is 10.5. The number of carbonyl (C=O) groups is 8. The normalized spacial score (nSPS) is 16.8. The largest absolute Gasteiger partial charge is 0.481 e. The topological polar surface area (TPSA) is 276 Å². The van der Waals surface area contributed by atoms with E-state index in [0.29, 0.717) is 38.8 Å². The summed E-state index contributed by atoms with van der Waals surface area (Å²) in [6.07, 6.45) is 1.27. The molecule has 278 valence electrons. The Morgan fingerprint density at radius 1 is 0.673 bits per heavy atom. The predicted molar refractivity (Wildman–Crippen MR) is 171 cm³/mol. The Hall–Kier alpha value is -4.32. The zero-order valence-electron chi connectivity index (χ0n) is 28.0. The number of carboxylic acids is 3. The molecule has 1 saturated carbocycles. The molecule has 0 unspecified atom stereocenters. The number of rotatable bonds is 26. The molecular weight excluding hydrogens is 650 g/mol. The van der Waals surface area contributed by atoms with Gasteiger partial charge in [-0.15, -0.1) is 0 Å². The van der Waals surface area contributed by atoms with Crippen LogP contribution in [-0.4, -0.2) is 121 Å². The summed E-state index contributed by atoms with van der Waals surface area (Å²) in [6.45, 7) is 3.02. The fraction of sp³-hybridized carbons (Fsp3) is 0.742. The first-order valence-corrected chi connectivity index (χ1v) is 16.5. The van der Waals surface area contributed by atoms with Crippen LogP contribution in [0.4, 0.5) is 0 Å². The van der Waals surface area contributed by atoms with Crippen LogP contribution in [0, 0.1) is 11.8 Å². The van der Waals surface area contributed by atoms with Crippen molar-refractivity contribution in [1.29, 1.82) is 0 Å². The molecular formula is C31H51N5O13. The molecule has 5 amide bonds. The molecule has 0 heterocycles. The van der Waals surface area contributed by atoms with Crippen molar-refractivity contribution in [2.24, 2.45) is 11.8 Å². The Balaban J connectivity index is 2.46. The molecule has 1 aliphatic rings. The van der Waals surface area contributed by atoms with E-state index in [9.17, 15) is 43.5 Å². The van der Waals surface area contributed by atoms with Gasteiger partial charge < -0.3 is 51.4 Å². The van der Waals surface area contributed by atoms with Gasteiger partial charge in [-0.3, -0.25) is 33.6 Å². The van der Waals surface area contributed by atoms with E-state index in [1.54, 1.807) is 6.92 Å². The van der Waals surface area contributed by atoms with Gasteiger partial charge in [0.2, 0.25) is 29.5 Å². The lowest BCUT2D eigenvalue weighted by Gasteiger charge is -2.28. The first-order chi connectivity index (χ1) is 23.3. The molecule has 0 radical (unpaired) electrons. The Kier molecular flexibility index (Phi) is 21.6. The van der Waals surface area contributed by atoms with Crippen LogP contribution in [0.2, 0.25) is 0 Å². The number of hydrogen-bond acceptors (Lipinski definition) is 10. The van der Waals surface area contributed by atoms with Gasteiger partial charge >= 0.3 is 17.9 Å². The number of carbonyl (C=O) groups excluding carboxylic acids is 5. The highest BCUT2D eigenvalue weighted by Gasteiger charge is 2.30. The number of nitrogens with one attached hydrogen (secondary N) is 5. The van der Waals surface area contributed by atoms with E-state index in [1.807, 2.05) is 0 Å². The molecule has 2 atom stereocenters. The highest BCUT2D eigenvalue weighted by atomic mass is 16.5. The van der Waals surface area contributed by atoms with Crippen molar-refractivity contribution < 1.29 is 63.1 Å². The summed E-state index contributed by atoms with van der Waals surface area (Å²) in [5.74, 6) is -6.08. The van der Waals surface area contributed by atoms with Crippen molar-refractivity contribution in [3.05, 3.63) is 0 Å². The molecule has 49 heavy (non-hydrogen) atoms. The number of carboxylic acid groups (broad SMARTS) is 3. The molecule has 0 aromatic rings. The molecule has 18 heteroatoms. The summed E-state index contributed by atoms with van der Waals surface area (Å²) >= 11 is 0. The van der Waals surface area contributed by atoms with E-state index in [4.69, 9.17) is 19.7 Å². The summed E-state index contributed by atoms with van der Waals surface area (Å²) in [4.78, 5) is 94.9. The molecule has 0 aliphatic heterocycles. The standard InChI is InChI=1S/C31H51N5O13/c1-2-32-26(39)19-49-17-16-48-15-14-33-30(45)22(11-13-28(42)43)35-25(38)12-10-23(31(46)47)36-29(44)21-8-6-20(7-9-21)18-34-24(37)4-3-5-27(40)41/h20-23H,2-19H2,1H3,(H,32,39)(H,33,45)(H,34,37)(H,35,38)(H,36,44)(H,40,41)(H,42,43)(H,46,47)/t20-,21-,22-,23-/m0/s1. The Morgan fingerprint density at radius 3 is 1.96 bits per heavy atom. The van der Waals surface area contributed by atoms with Gasteiger partial charge in [-0.25, -0.2) is 4.79 Å². The van der Waals surface area contributed by atoms with Crippen LogP contribution in [0.15, 0.2) is 0 Å². The van der Waals surface area contributed by atoms with E-state index in [1.165, 1.54) is 0 Å². The van der Waals surface area contributed by atoms with Crippen LogP contribution < -0.4 is 26.6 Å². The number of amides is 5. The molecule has 0 spiro atoms. The average Bonchev–Trinajstić information content (AvgIpc) is 3.04. The second-order valence-corrected chi connectivity index (χ2v) is 11.7. The first kappa shape index (κ1) is 42.7. The molecule has 1 rings (SSSR count). The van der Waals surface area contributed by atoms with Crippen LogP contribution in [0.5, 0.6) is 0 Å². The quantitative estimate of drug-likeness (QED) is 0.0511. The van der Waals surface area contributed by atoms with E-state index < -0.39 is 60.1 Å². The van der Waals surface area contributed by atoms with E-state index in [-0.39, 0.29) is 89.2 Å². The highest BCUT2D eigenvalue weighted by molar-refractivity contribution is 5.89. The van der Waals surface area contributed by atoms with Crippen LogP contribution in [0.25, 0.3) is 0 Å². The van der Waals surface area contributed by atoms with Crippen LogP contribution in [0.1, 0.15) is 77.6 Å². The monoisotopic (exact) mass is 701 g/mol. The molecule has 0 aromatic carbocycles. The average molecular weight is 702 g/mol. The third kappa shape index (κ3) is 20.6. The smallest absolute Gasteiger partial charge is 0.326 e. The third-order valence-corrected chi connectivity index (χ3v) is 7.70. The van der Waals surface area contributed by atoms with E-state index in [0.717, 1.165) is 0 Å². The molecule has 1 fully saturated rings. The van der Waals surface area contributed by atoms with Gasteiger partial charge in [-0.1, -0.05) is 0 Å². The van der Waals surface area contributed by atoms with Crippen molar-refractivity contribution in [2.45, 2.75) is 89.6 Å². The molecule has 0 bridgehead atoms. The van der Waals surface area contributed by atoms with Gasteiger partial charge in [0.1, 0.15) is 18.7 Å². The molecule has 8 N–H and O–H groups in total. The molecule has 0 saturated heterocycles. The summed E-state index contributed by atoms with van der Waals surface area (Å²) in [5, 5.41) is 40.2. The first-order valence-electron chi connectivity index (χ1n) is 16.5. The minimum atomic E-state index is -1.37. The number of ether oxygens (including phenoxy) is 2. The zero-order chi connectivity index (χ0) is 36.6. The number of hydrogen-bond donors (Lipinski definition) is 8. The van der Waals surface area contributed by atoms with Gasteiger partial charge in [0.25, 0.3) is 0 Å². The van der Waals surface area contributed by atoms with Crippen molar-refractivity contribution in [3.63, 3.8) is 0 Å². The molecule has 1 aliphatic carbocycles. The minimum absolute atomic E-state index is 0.0485. The SMILES string of the molecule is CCNC(=O)COCCOCCNC(=O)[C@H](CCC(=O)O)NC(=O)CC[C@H](NC(=O)[C@H]1CC[C@H](CNC(=O)CCCC(=O)O)CC1)C(=O)O. The fourth-order valence-corrected chi connectivity index (χ4v) is 5.00. The fourth-order valence-electron chi connectivity index (χ4n) is 5.00. The van der Waals surface area contributed by atoms with E-state index in [2.05, 4.69) is 26.6 Å². The van der Waals surface area contributed by atoms with Crippen molar-refractivity contribution in [2.75, 3.05) is 46.1 Å². The number of aliphatic carboxylic acids is 3. The lowest BCUT2D eigenvalue weighted by atomic mass is 9.81. The second-order valence-electron chi connectivity index (χ2n) is 11.7. The Labute approximate surface area is 284 Å². The lowest BCUT2D eigenvalue weighted by molar-refractivity contribution is -0.143. The maximum absolute atomic E-state index is 12.8. The zero-order valence-corrected chi connectivity index (χ0v) is 28.0. The number of likely N-dealkylation sites (N-methyl/N-ethyl adjacent to an activating group) is 1. The second kappa shape index (κ2) is 24.8. The Morgan fingerprint density at radius 2 is 1.33 bits per heavy atom. The summed E-state index contributed by atoms with van der Waals surface area (Å²) in [7, 11) is 0. The predicted octanol–water partition coefficient (Wildman–Crippen LogP) is -0.851. The van der Waals surface area contributed by atoms with Gasteiger partial charge in [0.15, 0.2) is 0 Å².